The van der Waals surface area contributed by atoms with Crippen LogP contribution in [0, 0.1) is 5.92 Å². The number of benzene rings is 3. The molecule has 2 aliphatic rings. The van der Waals surface area contributed by atoms with Crippen molar-refractivity contribution in [1.29, 1.82) is 0 Å². The summed E-state index contributed by atoms with van der Waals surface area (Å²) in [6.45, 7) is 5.45. The topological polar surface area (TPSA) is 79.3 Å². The van der Waals surface area contributed by atoms with E-state index in [2.05, 4.69) is 0 Å². The van der Waals surface area contributed by atoms with Crippen LogP contribution in [0.5, 0.6) is 5.75 Å². The Bertz CT molecular complexity index is 1420. The molecule has 0 saturated carbocycles. The highest BCUT2D eigenvalue weighted by molar-refractivity contribution is 6.72. The zero-order chi connectivity index (χ0) is 30.0. The normalized spacial score (nSPS) is 22.4. The quantitative estimate of drug-likeness (QED) is 0.189. The van der Waals surface area contributed by atoms with Crippen molar-refractivity contribution < 1.29 is 28.3 Å². The Morgan fingerprint density at radius 2 is 1.81 bits per heavy atom. The van der Waals surface area contributed by atoms with Crippen LogP contribution >= 0.6 is 0 Å². The molecule has 5 atom stereocenters. The molecule has 7 nitrogen and oxygen atoms in total. The molecule has 1 unspecified atom stereocenters. The Morgan fingerprint density at radius 3 is 2.45 bits per heavy atom. The molecule has 9 heteroatoms. The van der Waals surface area contributed by atoms with Crippen LogP contribution in [0.4, 0.5) is 15.5 Å². The number of amides is 2. The second kappa shape index (κ2) is 12.4. The second-order valence-corrected chi connectivity index (χ2v) is 15.7. The molecule has 2 aliphatic heterocycles. The van der Waals surface area contributed by atoms with Crippen molar-refractivity contribution in [3.63, 3.8) is 0 Å². The van der Waals surface area contributed by atoms with Gasteiger partial charge < -0.3 is 23.6 Å². The average molecular weight is 591 g/mol. The lowest BCUT2D eigenvalue weighted by Crippen LogP contribution is -2.50. The number of hydrogen-bond acceptors (Lipinski definition) is 5. The minimum Gasteiger partial charge on any atom is -0.490 e. The number of halogens is 1. The van der Waals surface area contributed by atoms with Gasteiger partial charge >= 0.3 is 0 Å². The van der Waals surface area contributed by atoms with Crippen LogP contribution < -0.4 is 9.64 Å². The van der Waals surface area contributed by atoms with E-state index in [9.17, 15) is 14.7 Å². The van der Waals surface area contributed by atoms with Crippen LogP contribution in [-0.4, -0.2) is 56.6 Å². The number of hydrogen-bond donors (Lipinski definition) is 1. The average Bonchev–Trinajstić information content (AvgIpc) is 2.99. The first-order valence-electron chi connectivity index (χ1n) is 14.4. The van der Waals surface area contributed by atoms with Gasteiger partial charge in [-0.3, -0.25) is 14.5 Å². The highest BCUT2D eigenvalue weighted by Crippen LogP contribution is 2.48. The molecule has 42 heavy (non-hydrogen) atoms. The summed E-state index contributed by atoms with van der Waals surface area (Å²) in [7, 11) is -1.82. The second-order valence-electron chi connectivity index (χ2n) is 11.8. The number of fused-ring (bicyclic) bond motifs is 2. The van der Waals surface area contributed by atoms with Crippen molar-refractivity contribution >= 4 is 32.1 Å². The Labute approximate surface area is 248 Å². The van der Waals surface area contributed by atoms with Crippen molar-refractivity contribution in [2.75, 3.05) is 18.6 Å². The molecule has 1 N–H and O–H groups in total. The maximum atomic E-state index is 16.1. The number of carbonyl (C=O) groups excluding carboxylic acids is 2. The van der Waals surface area contributed by atoms with E-state index in [1.54, 1.807) is 42.1 Å². The van der Waals surface area contributed by atoms with Crippen molar-refractivity contribution in [2.45, 2.75) is 63.2 Å². The maximum absolute atomic E-state index is 16.1. The van der Waals surface area contributed by atoms with E-state index < -0.39 is 26.2 Å². The third-order valence-corrected chi connectivity index (χ3v) is 11.1. The molecule has 222 valence electrons. The van der Waals surface area contributed by atoms with E-state index in [1.807, 2.05) is 67.6 Å². The van der Waals surface area contributed by atoms with E-state index in [0.717, 1.165) is 28.8 Å². The van der Waals surface area contributed by atoms with E-state index in [-0.39, 0.29) is 30.9 Å². The summed E-state index contributed by atoms with van der Waals surface area (Å²) < 4.78 is 28.6. The Balaban J connectivity index is 1.43. The summed E-state index contributed by atoms with van der Waals surface area (Å²) in [6, 6.07) is 22.4. The maximum Gasteiger partial charge on any atom is 0.248 e. The number of aliphatic hydroxyl groups is 1. The van der Waals surface area contributed by atoms with Crippen LogP contribution in [0.15, 0.2) is 72.8 Å². The van der Waals surface area contributed by atoms with Gasteiger partial charge in [0.15, 0.2) is 0 Å². The zero-order valence-corrected chi connectivity index (χ0v) is 25.6. The summed E-state index contributed by atoms with van der Waals surface area (Å²) in [5, 5.41) is 10.1. The SMILES string of the molecule is CO[C@H]1c2cc(N(C=O)c3ccccc3)ccc2O[C@@H](C(CC(=O)N2Cc3ccccc3C[C@H]2CO)[Si](C)(C)F)[C@@H]1C. The van der Waals surface area contributed by atoms with Crippen LogP contribution in [0.25, 0.3) is 0 Å². The molecular formula is C33H39FN2O5Si. The van der Waals surface area contributed by atoms with E-state index in [0.29, 0.717) is 24.4 Å². The van der Waals surface area contributed by atoms with Crippen molar-refractivity contribution in [1.82, 2.24) is 4.90 Å². The minimum absolute atomic E-state index is 0.0137. The van der Waals surface area contributed by atoms with Gasteiger partial charge in [0.1, 0.15) is 11.9 Å². The van der Waals surface area contributed by atoms with Gasteiger partial charge in [-0.15, -0.1) is 0 Å². The highest BCUT2D eigenvalue weighted by atomic mass is 28.4. The van der Waals surface area contributed by atoms with Crippen LogP contribution in [0.1, 0.15) is 36.1 Å². The first-order chi connectivity index (χ1) is 20.2. The molecule has 0 radical (unpaired) electrons. The molecule has 0 fully saturated rings. The molecule has 0 aliphatic carbocycles. The van der Waals surface area contributed by atoms with Gasteiger partial charge in [0, 0.05) is 48.5 Å². The Hall–Kier alpha value is -3.53. The highest BCUT2D eigenvalue weighted by Gasteiger charge is 2.49. The molecule has 3 aromatic rings. The van der Waals surface area contributed by atoms with Crippen LogP contribution in [0.3, 0.4) is 0 Å². The summed E-state index contributed by atoms with van der Waals surface area (Å²) >= 11 is 0. The smallest absolute Gasteiger partial charge is 0.248 e. The predicted octanol–water partition coefficient (Wildman–Crippen LogP) is 5.95. The van der Waals surface area contributed by atoms with Crippen molar-refractivity contribution in [2.24, 2.45) is 5.92 Å². The fourth-order valence-electron chi connectivity index (χ4n) is 6.47. The van der Waals surface area contributed by atoms with Gasteiger partial charge in [-0.1, -0.05) is 49.4 Å². The molecular weight excluding hydrogens is 551 g/mol. The lowest BCUT2D eigenvalue weighted by atomic mass is 9.86. The van der Waals surface area contributed by atoms with Gasteiger partial charge in [0.2, 0.25) is 20.7 Å². The number of nitrogens with zero attached hydrogens (tertiary/aromatic N) is 2. The molecule has 0 saturated heterocycles. The number of para-hydroxylation sites is 1. The molecule has 0 aromatic heterocycles. The number of carbonyl (C=O) groups is 2. The zero-order valence-electron chi connectivity index (χ0n) is 24.6. The largest absolute Gasteiger partial charge is 0.490 e. The van der Waals surface area contributed by atoms with Gasteiger partial charge in [-0.2, -0.15) is 0 Å². The van der Waals surface area contributed by atoms with Crippen LogP contribution in [0.2, 0.25) is 18.6 Å². The van der Waals surface area contributed by atoms with Gasteiger partial charge in [0.05, 0.1) is 18.8 Å². The van der Waals surface area contributed by atoms with Crippen molar-refractivity contribution in [3.8, 4) is 5.75 Å². The molecule has 0 bridgehead atoms. The number of aliphatic hydroxyl groups excluding tert-OH is 1. The number of anilines is 2. The number of ether oxygens (including phenoxy) is 2. The third kappa shape index (κ3) is 5.86. The predicted molar refractivity (Wildman–Crippen MR) is 163 cm³/mol. The number of methoxy groups -OCH3 is 1. The fourth-order valence-corrected chi connectivity index (χ4v) is 8.28. The summed E-state index contributed by atoms with van der Waals surface area (Å²) in [4.78, 5) is 29.1. The van der Waals surface area contributed by atoms with Gasteiger partial charge in [-0.25, -0.2) is 0 Å². The Kier molecular flexibility index (Phi) is 8.82. The summed E-state index contributed by atoms with van der Waals surface area (Å²) in [5.74, 6) is 0.112. The number of rotatable bonds is 9. The minimum atomic E-state index is -3.43. The van der Waals surface area contributed by atoms with Gasteiger partial charge in [0.25, 0.3) is 0 Å². The van der Waals surface area contributed by atoms with E-state index in [1.165, 1.54) is 0 Å². The molecule has 3 aromatic carbocycles. The van der Waals surface area contributed by atoms with E-state index in [4.69, 9.17) is 9.47 Å². The monoisotopic (exact) mass is 590 g/mol. The molecule has 5 rings (SSSR count). The van der Waals surface area contributed by atoms with E-state index >= 15 is 4.11 Å². The van der Waals surface area contributed by atoms with Crippen LogP contribution in [-0.2, 0) is 27.3 Å². The lowest BCUT2D eigenvalue weighted by molar-refractivity contribution is -0.136. The fraction of sp³-hybridized carbons (Fsp3) is 0.394. The summed E-state index contributed by atoms with van der Waals surface area (Å²) in [6.07, 6.45) is 0.304. The Morgan fingerprint density at radius 1 is 1.12 bits per heavy atom. The first-order valence-corrected chi connectivity index (χ1v) is 17.4. The standard InChI is InChI=1S/C33H39FN2O5Si/c1-22-32(40-2)28-17-26(36(21-38)25-12-6-5-7-13-25)14-15-29(28)41-33(22)30(42(3,4)34)18-31(39)35-19-24-11-9-8-10-23(24)16-27(35)20-37/h5-15,17,21-22,27,30,32-33,37H,16,18-20H2,1-4H3/t22-,27+,30?,32-,33-/m1/s1. The third-order valence-electron chi connectivity index (χ3n) is 8.79. The lowest BCUT2D eigenvalue weighted by Gasteiger charge is -2.44. The van der Waals surface area contributed by atoms with Gasteiger partial charge in [-0.05, 0) is 61.0 Å². The molecule has 2 heterocycles. The first kappa shape index (κ1) is 29.9. The summed E-state index contributed by atoms with van der Waals surface area (Å²) in [5.41, 5.74) is 3.71. The molecule has 0 spiro atoms. The molecule has 2 amide bonds. The van der Waals surface area contributed by atoms with Crippen molar-refractivity contribution in [3.05, 3.63) is 89.5 Å².